The lowest BCUT2D eigenvalue weighted by Crippen LogP contribution is -2.11. The number of nitrogens with two attached hydrogens (primary N) is 1. The van der Waals surface area contributed by atoms with Gasteiger partial charge in [0.25, 0.3) is 0 Å². The number of rotatable bonds is 6. The summed E-state index contributed by atoms with van der Waals surface area (Å²) in [6, 6.07) is 6.37. The second-order valence-electron chi connectivity index (χ2n) is 3.28. The lowest BCUT2D eigenvalue weighted by Gasteiger charge is -2.04. The first-order valence-corrected chi connectivity index (χ1v) is 7.46. The van der Waals surface area contributed by atoms with Crippen molar-refractivity contribution in [1.29, 1.82) is 0 Å². The summed E-state index contributed by atoms with van der Waals surface area (Å²) in [5.41, 5.74) is 0.932. The molecule has 0 heterocycles. The second-order valence-corrected chi connectivity index (χ2v) is 5.64. The fourth-order valence-corrected chi connectivity index (χ4v) is 1.87. The fraction of sp³-hybridized carbons (Fsp3) is 0.400. The van der Waals surface area contributed by atoms with Gasteiger partial charge < -0.3 is 4.74 Å². The summed E-state index contributed by atoms with van der Waals surface area (Å²) in [7, 11) is -3.60. The second kappa shape index (κ2) is 6.34. The zero-order chi connectivity index (χ0) is 12.0. The molecule has 0 aliphatic rings. The molecule has 90 valence electrons. The van der Waals surface area contributed by atoms with E-state index in [4.69, 9.17) is 9.88 Å². The van der Waals surface area contributed by atoms with Crippen LogP contribution in [0.2, 0.25) is 0 Å². The molecule has 0 spiro atoms. The molecular weight excluding hydrogens is 294 g/mol. The minimum Gasteiger partial charge on any atom is -0.377 e. The molecule has 0 aliphatic heterocycles. The van der Waals surface area contributed by atoms with Gasteiger partial charge in [-0.05, 0) is 24.1 Å². The third kappa shape index (κ3) is 4.61. The zero-order valence-corrected chi connectivity index (χ0v) is 11.1. The SMILES string of the molecule is NS(=O)(=O)c1ccc(COCCCBr)cc1. The van der Waals surface area contributed by atoms with Crippen LogP contribution in [0.3, 0.4) is 0 Å². The molecule has 0 unspecified atom stereocenters. The molecule has 2 N–H and O–H groups in total. The first-order valence-electron chi connectivity index (χ1n) is 4.79. The summed E-state index contributed by atoms with van der Waals surface area (Å²) in [6.45, 7) is 1.17. The Bertz CT molecular complexity index is 416. The van der Waals surface area contributed by atoms with Gasteiger partial charge in [0.1, 0.15) is 0 Å². The molecule has 1 aromatic carbocycles. The van der Waals surface area contributed by atoms with Crippen molar-refractivity contribution < 1.29 is 13.2 Å². The summed E-state index contributed by atoms with van der Waals surface area (Å²) in [6.07, 6.45) is 0.954. The van der Waals surface area contributed by atoms with Gasteiger partial charge in [0.05, 0.1) is 11.5 Å². The highest BCUT2D eigenvalue weighted by molar-refractivity contribution is 9.09. The van der Waals surface area contributed by atoms with E-state index < -0.39 is 10.0 Å². The fourth-order valence-electron chi connectivity index (χ4n) is 1.12. The Morgan fingerprint density at radius 3 is 2.38 bits per heavy atom. The Kier molecular flexibility index (Phi) is 5.40. The molecule has 0 saturated heterocycles. The van der Waals surface area contributed by atoms with Crippen molar-refractivity contribution in [1.82, 2.24) is 0 Å². The van der Waals surface area contributed by atoms with Crippen molar-refractivity contribution in [3.05, 3.63) is 29.8 Å². The largest absolute Gasteiger partial charge is 0.377 e. The molecule has 0 atom stereocenters. The topological polar surface area (TPSA) is 69.4 Å². The van der Waals surface area contributed by atoms with E-state index in [9.17, 15) is 8.42 Å². The van der Waals surface area contributed by atoms with Crippen LogP contribution in [0.5, 0.6) is 0 Å². The molecule has 6 heteroatoms. The van der Waals surface area contributed by atoms with E-state index >= 15 is 0 Å². The highest BCUT2D eigenvalue weighted by Crippen LogP contribution is 2.09. The monoisotopic (exact) mass is 307 g/mol. The van der Waals surface area contributed by atoms with Crippen molar-refractivity contribution in [3.63, 3.8) is 0 Å². The number of primary sulfonamides is 1. The van der Waals surface area contributed by atoms with Crippen LogP contribution in [-0.4, -0.2) is 20.4 Å². The van der Waals surface area contributed by atoms with E-state index in [0.717, 1.165) is 17.3 Å². The van der Waals surface area contributed by atoms with Gasteiger partial charge in [-0.3, -0.25) is 0 Å². The molecule has 1 aromatic rings. The number of hydrogen-bond donors (Lipinski definition) is 1. The predicted octanol–water partition coefficient (Wildman–Crippen LogP) is 1.64. The van der Waals surface area contributed by atoms with Crippen LogP contribution < -0.4 is 5.14 Å². The molecule has 0 amide bonds. The minimum absolute atomic E-state index is 0.122. The molecular formula is C10H14BrNO3S. The van der Waals surface area contributed by atoms with Crippen molar-refractivity contribution >= 4 is 26.0 Å². The summed E-state index contributed by atoms with van der Waals surface area (Å²) < 4.78 is 27.3. The smallest absolute Gasteiger partial charge is 0.238 e. The maximum absolute atomic E-state index is 11.0. The molecule has 0 radical (unpaired) electrons. The Morgan fingerprint density at radius 2 is 1.88 bits per heavy atom. The van der Waals surface area contributed by atoms with E-state index in [0.29, 0.717) is 13.2 Å². The Morgan fingerprint density at radius 1 is 1.25 bits per heavy atom. The minimum atomic E-state index is -3.60. The summed E-state index contributed by atoms with van der Waals surface area (Å²) in [4.78, 5) is 0.122. The molecule has 0 fully saturated rings. The maximum Gasteiger partial charge on any atom is 0.238 e. The van der Waals surface area contributed by atoms with Crippen LogP contribution in [0, 0.1) is 0 Å². The number of halogens is 1. The van der Waals surface area contributed by atoms with Gasteiger partial charge in [-0.1, -0.05) is 28.1 Å². The van der Waals surface area contributed by atoms with Gasteiger partial charge in [-0.25, -0.2) is 13.6 Å². The molecule has 0 aliphatic carbocycles. The van der Waals surface area contributed by atoms with Gasteiger partial charge in [0.2, 0.25) is 10.0 Å². The average molecular weight is 308 g/mol. The maximum atomic E-state index is 11.0. The number of alkyl halides is 1. The number of benzene rings is 1. The lowest BCUT2D eigenvalue weighted by molar-refractivity contribution is 0.122. The highest BCUT2D eigenvalue weighted by atomic mass is 79.9. The van der Waals surface area contributed by atoms with Crippen LogP contribution in [0.25, 0.3) is 0 Å². The molecule has 1 rings (SSSR count). The Labute approximate surface area is 104 Å². The molecule has 0 aromatic heterocycles. The van der Waals surface area contributed by atoms with Crippen LogP contribution in [0.4, 0.5) is 0 Å². The van der Waals surface area contributed by atoms with Gasteiger partial charge in [-0.2, -0.15) is 0 Å². The Balaban J connectivity index is 2.52. The van der Waals surface area contributed by atoms with E-state index in [1.54, 1.807) is 12.1 Å². The molecule has 4 nitrogen and oxygen atoms in total. The normalized spacial score (nSPS) is 11.6. The van der Waals surface area contributed by atoms with E-state index in [2.05, 4.69) is 15.9 Å². The summed E-state index contributed by atoms with van der Waals surface area (Å²) >= 11 is 3.31. The first kappa shape index (κ1) is 13.6. The van der Waals surface area contributed by atoms with E-state index in [1.807, 2.05) is 0 Å². The first-order chi connectivity index (χ1) is 7.54. The number of hydrogen-bond acceptors (Lipinski definition) is 3. The number of ether oxygens (including phenoxy) is 1. The zero-order valence-electron chi connectivity index (χ0n) is 8.73. The third-order valence-electron chi connectivity index (χ3n) is 1.94. The van der Waals surface area contributed by atoms with Crippen LogP contribution in [-0.2, 0) is 21.4 Å². The van der Waals surface area contributed by atoms with Gasteiger partial charge in [0, 0.05) is 11.9 Å². The average Bonchev–Trinajstić information content (AvgIpc) is 2.24. The predicted molar refractivity (Wildman–Crippen MR) is 65.9 cm³/mol. The van der Waals surface area contributed by atoms with Crippen LogP contribution >= 0.6 is 15.9 Å². The van der Waals surface area contributed by atoms with Crippen LogP contribution in [0.1, 0.15) is 12.0 Å². The summed E-state index contributed by atoms with van der Waals surface area (Å²) in [5, 5.41) is 5.90. The van der Waals surface area contributed by atoms with Crippen molar-refractivity contribution in [3.8, 4) is 0 Å². The standard InChI is InChI=1S/C10H14BrNO3S/c11-6-1-7-15-8-9-2-4-10(5-3-9)16(12,13)14/h2-5H,1,6-8H2,(H2,12,13,14). The highest BCUT2D eigenvalue weighted by Gasteiger charge is 2.06. The van der Waals surface area contributed by atoms with Gasteiger partial charge in [-0.15, -0.1) is 0 Å². The van der Waals surface area contributed by atoms with Crippen molar-refractivity contribution in [2.24, 2.45) is 5.14 Å². The van der Waals surface area contributed by atoms with Crippen molar-refractivity contribution in [2.45, 2.75) is 17.9 Å². The molecule has 0 bridgehead atoms. The van der Waals surface area contributed by atoms with Crippen LogP contribution in [0.15, 0.2) is 29.2 Å². The van der Waals surface area contributed by atoms with E-state index in [1.165, 1.54) is 12.1 Å². The quantitative estimate of drug-likeness (QED) is 0.641. The van der Waals surface area contributed by atoms with E-state index in [-0.39, 0.29) is 4.90 Å². The summed E-state index contributed by atoms with van der Waals surface area (Å²) in [5.74, 6) is 0. The van der Waals surface area contributed by atoms with Gasteiger partial charge >= 0.3 is 0 Å². The molecule has 0 saturated carbocycles. The Hall–Kier alpha value is -0.430. The van der Waals surface area contributed by atoms with Gasteiger partial charge in [0.15, 0.2) is 0 Å². The third-order valence-corrected chi connectivity index (χ3v) is 3.43. The molecule has 16 heavy (non-hydrogen) atoms. The lowest BCUT2D eigenvalue weighted by atomic mass is 10.2. The van der Waals surface area contributed by atoms with Crippen molar-refractivity contribution in [2.75, 3.05) is 11.9 Å². The number of sulfonamides is 1.